The second-order valence-corrected chi connectivity index (χ2v) is 6.55. The van der Waals surface area contributed by atoms with E-state index in [0.717, 1.165) is 32.1 Å². The lowest BCUT2D eigenvalue weighted by molar-refractivity contribution is -0.137. The zero-order valence-corrected chi connectivity index (χ0v) is 14.0. The van der Waals surface area contributed by atoms with E-state index < -0.39 is 5.97 Å². The van der Waals surface area contributed by atoms with Gasteiger partial charge in [-0.15, -0.1) is 0 Å². The molecule has 1 saturated heterocycles. The van der Waals surface area contributed by atoms with Gasteiger partial charge < -0.3 is 14.9 Å². The van der Waals surface area contributed by atoms with E-state index in [2.05, 4.69) is 0 Å². The van der Waals surface area contributed by atoms with Crippen LogP contribution in [0.2, 0.25) is 0 Å². The summed E-state index contributed by atoms with van der Waals surface area (Å²) >= 11 is 0. The van der Waals surface area contributed by atoms with Gasteiger partial charge in [0.05, 0.1) is 12.2 Å². The van der Waals surface area contributed by atoms with E-state index in [4.69, 9.17) is 14.9 Å². The van der Waals surface area contributed by atoms with Crippen LogP contribution in [-0.4, -0.2) is 35.0 Å². The maximum Gasteiger partial charge on any atom is 0.303 e. The number of carboxylic acids is 1. The first-order chi connectivity index (χ1) is 10.7. The van der Waals surface area contributed by atoms with Gasteiger partial charge in [0.1, 0.15) is 0 Å². The molecule has 0 saturated carbocycles. The Morgan fingerprint density at radius 1 is 0.727 bits per heavy atom. The molecule has 0 aromatic heterocycles. The number of epoxide rings is 1. The molecule has 2 N–H and O–H groups in total. The molecule has 1 rings (SSSR count). The van der Waals surface area contributed by atoms with E-state index in [0.29, 0.717) is 25.2 Å². The third kappa shape index (κ3) is 11.0. The van der Waals surface area contributed by atoms with E-state index in [1.807, 2.05) is 0 Å². The van der Waals surface area contributed by atoms with Crippen LogP contribution < -0.4 is 0 Å². The summed E-state index contributed by atoms with van der Waals surface area (Å²) in [5.74, 6) is -0.678. The quantitative estimate of drug-likeness (QED) is 0.329. The van der Waals surface area contributed by atoms with Crippen LogP contribution in [0, 0.1) is 0 Å². The van der Waals surface area contributed by atoms with Crippen molar-refractivity contribution in [1.82, 2.24) is 0 Å². The molecule has 22 heavy (non-hydrogen) atoms. The van der Waals surface area contributed by atoms with Crippen LogP contribution in [0.3, 0.4) is 0 Å². The molecular formula is C18H34O4. The maximum absolute atomic E-state index is 10.4. The Labute approximate surface area is 135 Å². The first kappa shape index (κ1) is 19.4. The Hall–Kier alpha value is -0.610. The van der Waals surface area contributed by atoms with E-state index in [9.17, 15) is 4.79 Å². The van der Waals surface area contributed by atoms with Gasteiger partial charge in [-0.2, -0.15) is 0 Å². The Kier molecular flexibility index (Phi) is 11.4. The van der Waals surface area contributed by atoms with E-state index >= 15 is 0 Å². The molecule has 0 spiro atoms. The van der Waals surface area contributed by atoms with Crippen molar-refractivity contribution in [3.8, 4) is 0 Å². The summed E-state index contributed by atoms with van der Waals surface area (Å²) in [4.78, 5) is 10.4. The highest BCUT2D eigenvalue weighted by molar-refractivity contribution is 5.66. The fourth-order valence-electron chi connectivity index (χ4n) is 3.00. The Morgan fingerprint density at radius 2 is 1.18 bits per heavy atom. The van der Waals surface area contributed by atoms with Crippen LogP contribution in [-0.2, 0) is 9.53 Å². The number of hydrogen-bond donors (Lipinski definition) is 2. The van der Waals surface area contributed by atoms with E-state index in [1.54, 1.807) is 0 Å². The number of aliphatic hydroxyl groups is 1. The van der Waals surface area contributed by atoms with Gasteiger partial charge in [-0.1, -0.05) is 57.8 Å². The molecule has 0 aromatic rings. The van der Waals surface area contributed by atoms with Gasteiger partial charge in [-0.3, -0.25) is 4.79 Å². The van der Waals surface area contributed by atoms with Crippen LogP contribution >= 0.6 is 0 Å². The molecular weight excluding hydrogens is 280 g/mol. The SMILES string of the molecule is O=C(O)CCCCCCC[C@H]1O[C@H]1CCCCCCCCO. The van der Waals surface area contributed by atoms with Crippen LogP contribution in [0.5, 0.6) is 0 Å². The Morgan fingerprint density at radius 3 is 1.68 bits per heavy atom. The van der Waals surface area contributed by atoms with Gasteiger partial charge in [0.2, 0.25) is 0 Å². The largest absolute Gasteiger partial charge is 0.481 e. The average molecular weight is 314 g/mol. The molecule has 2 atom stereocenters. The molecule has 0 aromatic carbocycles. The molecule has 4 heteroatoms. The van der Waals surface area contributed by atoms with E-state index in [-0.39, 0.29) is 0 Å². The van der Waals surface area contributed by atoms with Gasteiger partial charge >= 0.3 is 5.97 Å². The Balaban J connectivity index is 1.76. The second kappa shape index (κ2) is 12.9. The number of carboxylic acid groups (broad SMARTS) is 1. The number of ether oxygens (including phenoxy) is 1. The number of rotatable bonds is 16. The third-order valence-corrected chi connectivity index (χ3v) is 4.46. The lowest BCUT2D eigenvalue weighted by Gasteiger charge is -2.00. The highest BCUT2D eigenvalue weighted by Crippen LogP contribution is 2.31. The predicted molar refractivity (Wildman–Crippen MR) is 88.0 cm³/mol. The average Bonchev–Trinajstić information content (AvgIpc) is 3.23. The molecule has 130 valence electrons. The van der Waals surface area contributed by atoms with Gasteiger partial charge in [0.15, 0.2) is 0 Å². The summed E-state index contributed by atoms with van der Waals surface area (Å²) in [5.41, 5.74) is 0. The number of aliphatic carboxylic acids is 1. The molecule has 1 heterocycles. The summed E-state index contributed by atoms with van der Waals surface area (Å²) < 4.78 is 5.71. The van der Waals surface area contributed by atoms with Crippen molar-refractivity contribution < 1.29 is 19.7 Å². The lowest BCUT2D eigenvalue weighted by atomic mass is 10.0. The number of aliphatic hydroxyl groups excluding tert-OH is 1. The number of unbranched alkanes of at least 4 members (excludes halogenated alkanes) is 9. The fourth-order valence-corrected chi connectivity index (χ4v) is 3.00. The van der Waals surface area contributed by atoms with Crippen molar-refractivity contribution in [2.75, 3.05) is 6.61 Å². The summed E-state index contributed by atoms with van der Waals surface area (Å²) in [7, 11) is 0. The lowest BCUT2D eigenvalue weighted by Crippen LogP contribution is -1.95. The zero-order valence-electron chi connectivity index (χ0n) is 14.0. The summed E-state index contributed by atoms with van der Waals surface area (Å²) in [6.07, 6.45) is 16.4. The van der Waals surface area contributed by atoms with Crippen LogP contribution in [0.1, 0.15) is 89.9 Å². The smallest absolute Gasteiger partial charge is 0.303 e. The van der Waals surface area contributed by atoms with Crippen molar-refractivity contribution in [3.05, 3.63) is 0 Å². The topological polar surface area (TPSA) is 70.1 Å². The highest BCUT2D eigenvalue weighted by Gasteiger charge is 2.36. The predicted octanol–water partition coefficient (Wildman–Crippen LogP) is 4.29. The van der Waals surface area contributed by atoms with Crippen LogP contribution in [0.25, 0.3) is 0 Å². The fraction of sp³-hybridized carbons (Fsp3) is 0.944. The molecule has 0 radical (unpaired) electrons. The summed E-state index contributed by atoms with van der Waals surface area (Å²) in [5, 5.41) is 17.2. The number of hydrogen-bond acceptors (Lipinski definition) is 3. The number of carbonyl (C=O) groups is 1. The highest BCUT2D eigenvalue weighted by atomic mass is 16.6. The van der Waals surface area contributed by atoms with Gasteiger partial charge in [0.25, 0.3) is 0 Å². The van der Waals surface area contributed by atoms with Gasteiger partial charge in [-0.25, -0.2) is 0 Å². The molecule has 4 nitrogen and oxygen atoms in total. The molecule has 0 bridgehead atoms. The first-order valence-corrected chi connectivity index (χ1v) is 9.22. The molecule has 1 aliphatic heterocycles. The Bertz CT molecular complexity index is 280. The van der Waals surface area contributed by atoms with Crippen LogP contribution in [0.15, 0.2) is 0 Å². The standard InChI is InChI=1S/C18H34O4/c19-15-11-7-2-1-4-8-12-16-17(22-16)13-9-5-3-6-10-14-18(20)21/h16-17,19H,1-15H2,(H,20,21)/t16-,17+/m0/s1. The normalized spacial score (nSPS) is 20.2. The van der Waals surface area contributed by atoms with Crippen molar-refractivity contribution in [2.24, 2.45) is 0 Å². The molecule has 0 aliphatic carbocycles. The van der Waals surface area contributed by atoms with Crippen molar-refractivity contribution in [1.29, 1.82) is 0 Å². The first-order valence-electron chi connectivity index (χ1n) is 9.22. The van der Waals surface area contributed by atoms with Gasteiger partial charge in [0, 0.05) is 13.0 Å². The molecule has 0 amide bonds. The van der Waals surface area contributed by atoms with Crippen molar-refractivity contribution >= 4 is 5.97 Å². The molecule has 0 unspecified atom stereocenters. The molecule has 1 aliphatic rings. The van der Waals surface area contributed by atoms with Crippen LogP contribution in [0.4, 0.5) is 0 Å². The second-order valence-electron chi connectivity index (χ2n) is 6.55. The minimum absolute atomic E-state index is 0.313. The van der Waals surface area contributed by atoms with Crippen molar-refractivity contribution in [2.45, 2.75) is 102 Å². The summed E-state index contributed by atoms with van der Waals surface area (Å²) in [6.45, 7) is 0.331. The monoisotopic (exact) mass is 314 g/mol. The third-order valence-electron chi connectivity index (χ3n) is 4.46. The van der Waals surface area contributed by atoms with E-state index in [1.165, 1.54) is 51.4 Å². The minimum Gasteiger partial charge on any atom is -0.481 e. The van der Waals surface area contributed by atoms with Gasteiger partial charge in [-0.05, 0) is 25.7 Å². The minimum atomic E-state index is -0.678. The summed E-state index contributed by atoms with van der Waals surface area (Å²) in [6, 6.07) is 0. The zero-order chi connectivity index (χ0) is 16.0. The molecule has 1 fully saturated rings. The maximum atomic E-state index is 10.4. The van der Waals surface area contributed by atoms with Crippen molar-refractivity contribution in [3.63, 3.8) is 0 Å².